The minimum atomic E-state index is 0.847. The van der Waals surface area contributed by atoms with Gasteiger partial charge in [-0.05, 0) is 60.9 Å². The van der Waals surface area contributed by atoms with Gasteiger partial charge in [-0.1, -0.05) is 57.2 Å². The van der Waals surface area contributed by atoms with Gasteiger partial charge in [0, 0.05) is 11.8 Å². The van der Waals surface area contributed by atoms with Gasteiger partial charge in [0.1, 0.15) is 5.69 Å². The Kier molecular flexibility index (Phi) is 7.40. The van der Waals surface area contributed by atoms with Crippen molar-refractivity contribution in [1.82, 2.24) is 4.98 Å². The van der Waals surface area contributed by atoms with Crippen LogP contribution in [0.4, 0.5) is 0 Å². The van der Waals surface area contributed by atoms with E-state index in [0.29, 0.717) is 0 Å². The van der Waals surface area contributed by atoms with Gasteiger partial charge in [-0.3, -0.25) is 0 Å². The number of benzene rings is 1. The molecule has 0 unspecified atom stereocenters. The summed E-state index contributed by atoms with van der Waals surface area (Å²) in [6, 6.07) is 12.8. The van der Waals surface area contributed by atoms with E-state index in [-0.39, 0.29) is 0 Å². The molecule has 23 heavy (non-hydrogen) atoms. The first-order valence-electron chi connectivity index (χ1n) is 8.87. The predicted octanol–water partition coefficient (Wildman–Crippen LogP) is 5.56. The molecule has 0 saturated heterocycles. The number of nitrogens with zero attached hydrogens (tertiary/aromatic N) is 1. The minimum absolute atomic E-state index is 0.847. The van der Waals surface area contributed by atoms with Crippen LogP contribution in [0.5, 0.6) is 0 Å². The molecule has 2 rings (SSSR count). The average Bonchev–Trinajstić information content (AvgIpc) is 2.60. The van der Waals surface area contributed by atoms with Gasteiger partial charge in [0.05, 0.1) is 0 Å². The van der Waals surface area contributed by atoms with E-state index in [0.717, 1.165) is 24.1 Å². The Hall–Kier alpha value is -2.07. The molecule has 0 radical (unpaired) electrons. The summed E-state index contributed by atoms with van der Waals surface area (Å²) in [5.41, 5.74) is 4.61. The second-order valence-electron chi connectivity index (χ2n) is 6.06. The predicted molar refractivity (Wildman–Crippen MR) is 98.5 cm³/mol. The van der Waals surface area contributed by atoms with Gasteiger partial charge >= 0.3 is 0 Å². The van der Waals surface area contributed by atoms with Gasteiger partial charge < -0.3 is 0 Å². The minimum Gasteiger partial charge on any atom is -0.248 e. The van der Waals surface area contributed by atoms with Crippen LogP contribution in [0.1, 0.15) is 68.3 Å². The smallest absolute Gasteiger partial charge is 0.113 e. The molecule has 1 heterocycles. The monoisotopic (exact) mass is 305 g/mol. The lowest BCUT2D eigenvalue weighted by atomic mass is 10.1. The quantitative estimate of drug-likeness (QED) is 0.482. The molecule has 2 aromatic rings. The highest BCUT2D eigenvalue weighted by Gasteiger charge is 1.95. The number of aryl methyl sites for hydroxylation is 2. The highest BCUT2D eigenvalue weighted by atomic mass is 14.7. The van der Waals surface area contributed by atoms with Crippen LogP contribution in [0.2, 0.25) is 0 Å². The molecule has 1 nitrogen and oxygen atoms in total. The van der Waals surface area contributed by atoms with Crippen LogP contribution in [0, 0.1) is 11.8 Å². The molecule has 0 fully saturated rings. The Morgan fingerprint density at radius 3 is 2.09 bits per heavy atom. The Morgan fingerprint density at radius 1 is 0.739 bits per heavy atom. The normalized spacial score (nSPS) is 10.2. The van der Waals surface area contributed by atoms with Gasteiger partial charge in [0.25, 0.3) is 0 Å². The number of pyridine rings is 1. The van der Waals surface area contributed by atoms with Crippen LogP contribution in [0.15, 0.2) is 42.6 Å². The molecule has 0 aliphatic heterocycles. The fourth-order valence-electron chi connectivity index (χ4n) is 2.50. The first-order valence-corrected chi connectivity index (χ1v) is 8.87. The third-order valence-corrected chi connectivity index (χ3v) is 4.00. The summed E-state index contributed by atoms with van der Waals surface area (Å²) in [6.07, 6.45) is 10.5. The molecule has 0 spiro atoms. The molecule has 120 valence electrons. The van der Waals surface area contributed by atoms with E-state index in [1.807, 2.05) is 12.3 Å². The third-order valence-electron chi connectivity index (χ3n) is 4.00. The summed E-state index contributed by atoms with van der Waals surface area (Å²) in [6.45, 7) is 4.45. The summed E-state index contributed by atoms with van der Waals surface area (Å²) >= 11 is 0. The van der Waals surface area contributed by atoms with Crippen molar-refractivity contribution in [1.29, 1.82) is 0 Å². The Bertz CT molecular complexity index is 626. The number of rotatable bonds is 7. The summed E-state index contributed by atoms with van der Waals surface area (Å²) in [4.78, 5) is 4.46. The van der Waals surface area contributed by atoms with E-state index in [9.17, 15) is 0 Å². The van der Waals surface area contributed by atoms with Crippen molar-refractivity contribution in [2.45, 2.75) is 58.8 Å². The van der Waals surface area contributed by atoms with Gasteiger partial charge in [0.2, 0.25) is 0 Å². The van der Waals surface area contributed by atoms with Gasteiger partial charge in [-0.2, -0.15) is 0 Å². The molecule has 0 amide bonds. The molecular formula is C22H27N. The Morgan fingerprint density at radius 2 is 1.43 bits per heavy atom. The van der Waals surface area contributed by atoms with E-state index in [1.165, 1.54) is 43.2 Å². The van der Waals surface area contributed by atoms with Crippen LogP contribution in [0.3, 0.4) is 0 Å². The van der Waals surface area contributed by atoms with E-state index >= 15 is 0 Å². The number of hydrogen-bond acceptors (Lipinski definition) is 1. The van der Waals surface area contributed by atoms with Crippen LogP contribution in [-0.4, -0.2) is 4.98 Å². The fraction of sp³-hybridized carbons (Fsp3) is 0.409. The third kappa shape index (κ3) is 6.28. The van der Waals surface area contributed by atoms with Crippen molar-refractivity contribution >= 4 is 0 Å². The van der Waals surface area contributed by atoms with E-state index in [4.69, 9.17) is 0 Å². The van der Waals surface area contributed by atoms with Crippen LogP contribution in [-0.2, 0) is 12.8 Å². The molecule has 0 bridgehead atoms. The maximum Gasteiger partial charge on any atom is 0.113 e. The Labute approximate surface area is 141 Å². The molecule has 1 aromatic carbocycles. The maximum atomic E-state index is 4.46. The van der Waals surface area contributed by atoms with Crippen molar-refractivity contribution in [2.75, 3.05) is 0 Å². The van der Waals surface area contributed by atoms with E-state index in [2.05, 4.69) is 61.0 Å². The SMILES string of the molecule is CCCCCc1ccc(C#Cc2ccc(CCCC)cc2)nc1. The van der Waals surface area contributed by atoms with Gasteiger partial charge in [0.15, 0.2) is 0 Å². The van der Waals surface area contributed by atoms with Crippen molar-refractivity contribution in [3.63, 3.8) is 0 Å². The fourth-order valence-corrected chi connectivity index (χ4v) is 2.50. The molecular weight excluding hydrogens is 278 g/mol. The molecule has 0 N–H and O–H groups in total. The van der Waals surface area contributed by atoms with Gasteiger partial charge in [-0.25, -0.2) is 4.98 Å². The zero-order valence-electron chi connectivity index (χ0n) is 14.4. The van der Waals surface area contributed by atoms with Crippen LogP contribution in [0.25, 0.3) is 0 Å². The second-order valence-corrected chi connectivity index (χ2v) is 6.06. The summed E-state index contributed by atoms with van der Waals surface area (Å²) in [7, 11) is 0. The standard InChI is InChI=1S/C22H27N/c1-3-5-7-9-21-15-17-22(23-18-21)16-14-20-12-10-19(11-13-20)8-6-4-2/h10-13,15,17-18H,3-9H2,1-2H3. The highest BCUT2D eigenvalue weighted by Crippen LogP contribution is 2.08. The number of unbranched alkanes of at least 4 members (excludes halogenated alkanes) is 3. The topological polar surface area (TPSA) is 12.9 Å². The zero-order chi connectivity index (χ0) is 16.3. The second kappa shape index (κ2) is 9.85. The van der Waals surface area contributed by atoms with Crippen LogP contribution < -0.4 is 0 Å². The first-order chi connectivity index (χ1) is 11.3. The van der Waals surface area contributed by atoms with Gasteiger partial charge in [-0.15, -0.1) is 0 Å². The molecule has 0 aliphatic carbocycles. The lowest BCUT2D eigenvalue weighted by Gasteiger charge is -2.00. The zero-order valence-corrected chi connectivity index (χ0v) is 14.4. The number of aromatic nitrogens is 1. The van der Waals surface area contributed by atoms with Crippen molar-refractivity contribution < 1.29 is 0 Å². The molecule has 0 atom stereocenters. The number of hydrogen-bond donors (Lipinski definition) is 0. The van der Waals surface area contributed by atoms with E-state index in [1.54, 1.807) is 0 Å². The van der Waals surface area contributed by atoms with Crippen molar-refractivity contribution in [3.05, 3.63) is 65.0 Å². The lowest BCUT2D eigenvalue weighted by molar-refractivity contribution is 0.716. The maximum absolute atomic E-state index is 4.46. The highest BCUT2D eigenvalue weighted by molar-refractivity contribution is 5.41. The summed E-state index contributed by atoms with van der Waals surface area (Å²) < 4.78 is 0. The Balaban J connectivity index is 1.93. The first kappa shape index (κ1) is 17.3. The van der Waals surface area contributed by atoms with Crippen molar-refractivity contribution in [2.24, 2.45) is 0 Å². The summed E-state index contributed by atoms with van der Waals surface area (Å²) in [5, 5.41) is 0. The lowest BCUT2D eigenvalue weighted by Crippen LogP contribution is -1.89. The molecule has 0 saturated carbocycles. The molecule has 0 aliphatic rings. The van der Waals surface area contributed by atoms with E-state index < -0.39 is 0 Å². The largest absolute Gasteiger partial charge is 0.248 e. The van der Waals surface area contributed by atoms with Crippen molar-refractivity contribution in [3.8, 4) is 11.8 Å². The van der Waals surface area contributed by atoms with Crippen LogP contribution >= 0.6 is 0 Å². The molecule has 1 aromatic heterocycles. The molecule has 1 heteroatoms. The average molecular weight is 305 g/mol. The summed E-state index contributed by atoms with van der Waals surface area (Å²) in [5.74, 6) is 6.36.